The zero-order valence-electron chi connectivity index (χ0n) is 14.5. The van der Waals surface area contributed by atoms with Crippen molar-refractivity contribution in [2.24, 2.45) is 5.92 Å². The van der Waals surface area contributed by atoms with Crippen LogP contribution in [-0.2, 0) is 20.0 Å². The molecule has 0 spiro atoms. The first-order valence-corrected chi connectivity index (χ1v) is 11.4. The van der Waals surface area contributed by atoms with E-state index in [1.165, 1.54) is 22.5 Å². The van der Waals surface area contributed by atoms with Crippen LogP contribution in [0, 0.1) is 5.92 Å². The van der Waals surface area contributed by atoms with Crippen LogP contribution in [0.2, 0.25) is 0 Å². The Morgan fingerprint density at radius 2 is 1.38 bits per heavy atom. The Labute approximate surface area is 155 Å². The van der Waals surface area contributed by atoms with Crippen molar-refractivity contribution in [3.8, 4) is 0 Å². The van der Waals surface area contributed by atoms with Crippen LogP contribution < -0.4 is 4.72 Å². The van der Waals surface area contributed by atoms with Gasteiger partial charge in [-0.2, -0.15) is 4.31 Å². The lowest BCUT2D eigenvalue weighted by Crippen LogP contribution is -2.38. The molecule has 0 bridgehead atoms. The van der Waals surface area contributed by atoms with E-state index < -0.39 is 20.0 Å². The Morgan fingerprint density at radius 1 is 0.846 bits per heavy atom. The molecule has 0 unspecified atom stereocenters. The molecule has 6 nitrogen and oxygen atoms in total. The van der Waals surface area contributed by atoms with Gasteiger partial charge in [0, 0.05) is 18.8 Å². The maximum Gasteiger partial charge on any atom is 0.263 e. The van der Waals surface area contributed by atoms with Crippen LogP contribution in [0.1, 0.15) is 19.8 Å². The Kier molecular flexibility index (Phi) is 5.36. The van der Waals surface area contributed by atoms with Crippen LogP contribution in [0.25, 0.3) is 0 Å². The van der Waals surface area contributed by atoms with Gasteiger partial charge in [0.05, 0.1) is 0 Å². The van der Waals surface area contributed by atoms with Crippen LogP contribution in [0.5, 0.6) is 0 Å². The van der Waals surface area contributed by atoms with Crippen LogP contribution >= 0.6 is 0 Å². The molecule has 140 valence electrons. The first-order valence-electron chi connectivity index (χ1n) is 8.48. The van der Waals surface area contributed by atoms with Crippen molar-refractivity contribution >= 4 is 25.7 Å². The van der Waals surface area contributed by atoms with Crippen molar-refractivity contribution in [3.05, 3.63) is 54.6 Å². The third-order valence-corrected chi connectivity index (χ3v) is 8.05. The molecular formula is C18H22N2O4S2. The molecule has 0 saturated carbocycles. The molecule has 26 heavy (non-hydrogen) atoms. The Morgan fingerprint density at radius 3 is 2.00 bits per heavy atom. The van der Waals surface area contributed by atoms with Gasteiger partial charge >= 0.3 is 0 Å². The van der Waals surface area contributed by atoms with E-state index in [9.17, 15) is 16.8 Å². The lowest BCUT2D eigenvalue weighted by Gasteiger charge is -2.30. The van der Waals surface area contributed by atoms with Crippen molar-refractivity contribution in [1.29, 1.82) is 0 Å². The predicted octanol–water partition coefficient (Wildman–Crippen LogP) is 2.91. The second-order valence-corrected chi connectivity index (χ2v) is 10.1. The minimum absolute atomic E-state index is 0.182. The Balaban J connectivity index is 1.98. The molecule has 3 rings (SSSR count). The van der Waals surface area contributed by atoms with Crippen LogP contribution in [-0.4, -0.2) is 34.2 Å². The molecule has 0 aliphatic carbocycles. The van der Waals surface area contributed by atoms with E-state index >= 15 is 0 Å². The summed E-state index contributed by atoms with van der Waals surface area (Å²) in [6.07, 6.45) is 1.55. The molecule has 1 aliphatic heterocycles. The van der Waals surface area contributed by atoms with E-state index in [0.717, 1.165) is 12.8 Å². The van der Waals surface area contributed by atoms with Gasteiger partial charge in [0.25, 0.3) is 10.0 Å². The number of sulfonamides is 2. The number of benzene rings is 2. The number of nitrogens with zero attached hydrogens (tertiary/aromatic N) is 1. The van der Waals surface area contributed by atoms with E-state index in [-0.39, 0.29) is 9.79 Å². The highest BCUT2D eigenvalue weighted by Crippen LogP contribution is 2.28. The molecule has 8 heteroatoms. The highest BCUT2D eigenvalue weighted by molar-refractivity contribution is 7.94. The maximum absolute atomic E-state index is 13.0. The normalized spacial score (nSPS) is 17.1. The number of hydrogen-bond donors (Lipinski definition) is 1. The average Bonchev–Trinajstić information content (AvgIpc) is 2.62. The third-order valence-electron chi connectivity index (χ3n) is 4.53. The molecule has 1 saturated heterocycles. The molecule has 0 radical (unpaired) electrons. The summed E-state index contributed by atoms with van der Waals surface area (Å²) in [5, 5.41) is 0. The van der Waals surface area contributed by atoms with E-state index in [4.69, 9.17) is 0 Å². The zero-order valence-corrected chi connectivity index (χ0v) is 16.1. The van der Waals surface area contributed by atoms with Gasteiger partial charge in [-0.05, 0) is 43.0 Å². The van der Waals surface area contributed by atoms with Gasteiger partial charge in [-0.3, -0.25) is 4.72 Å². The van der Waals surface area contributed by atoms with Gasteiger partial charge < -0.3 is 0 Å². The predicted molar refractivity (Wildman–Crippen MR) is 101 cm³/mol. The summed E-state index contributed by atoms with van der Waals surface area (Å²) in [6.45, 7) is 2.90. The molecule has 1 aliphatic rings. The summed E-state index contributed by atoms with van der Waals surface area (Å²) in [7, 11) is -7.91. The molecular weight excluding hydrogens is 372 g/mol. The molecule has 1 heterocycles. The van der Waals surface area contributed by atoms with Crippen LogP contribution in [0.3, 0.4) is 0 Å². The minimum atomic E-state index is -4.03. The molecule has 0 amide bonds. The second kappa shape index (κ2) is 7.38. The highest BCUT2D eigenvalue weighted by Gasteiger charge is 2.33. The molecule has 1 fully saturated rings. The molecule has 2 aromatic rings. The lowest BCUT2D eigenvalue weighted by molar-refractivity contribution is 0.287. The van der Waals surface area contributed by atoms with Gasteiger partial charge in [0.2, 0.25) is 10.0 Å². The molecule has 2 aromatic carbocycles. The van der Waals surface area contributed by atoms with Crippen LogP contribution in [0.4, 0.5) is 5.69 Å². The number of piperidine rings is 1. The largest absolute Gasteiger partial charge is 0.280 e. The summed E-state index contributed by atoms with van der Waals surface area (Å²) in [5.41, 5.74) is 0.381. The fourth-order valence-electron chi connectivity index (χ4n) is 2.97. The van der Waals surface area contributed by atoms with E-state index in [1.54, 1.807) is 36.4 Å². The van der Waals surface area contributed by atoms with Gasteiger partial charge in [-0.15, -0.1) is 0 Å². The Hall–Kier alpha value is -1.90. The summed E-state index contributed by atoms with van der Waals surface area (Å²) >= 11 is 0. The summed E-state index contributed by atoms with van der Waals surface area (Å²) in [6, 6.07) is 14.1. The smallest absolute Gasteiger partial charge is 0.263 e. The summed E-state index contributed by atoms with van der Waals surface area (Å²) in [5.74, 6) is 0.472. The number of hydrogen-bond acceptors (Lipinski definition) is 4. The topological polar surface area (TPSA) is 83.6 Å². The fraction of sp³-hybridized carbons (Fsp3) is 0.333. The molecule has 1 N–H and O–H groups in total. The zero-order chi connectivity index (χ0) is 18.8. The summed E-state index contributed by atoms with van der Waals surface area (Å²) in [4.78, 5) is -0.416. The average molecular weight is 395 g/mol. The van der Waals surface area contributed by atoms with E-state index in [0.29, 0.717) is 24.7 Å². The maximum atomic E-state index is 13.0. The van der Waals surface area contributed by atoms with Gasteiger partial charge in [-0.25, -0.2) is 16.8 Å². The van der Waals surface area contributed by atoms with Gasteiger partial charge in [-0.1, -0.05) is 37.3 Å². The number of para-hydroxylation sites is 1. The van der Waals surface area contributed by atoms with E-state index in [1.807, 2.05) is 0 Å². The summed E-state index contributed by atoms with van der Waals surface area (Å²) < 4.78 is 55.5. The number of anilines is 1. The highest BCUT2D eigenvalue weighted by atomic mass is 32.2. The fourth-order valence-corrected chi connectivity index (χ4v) is 6.30. The van der Waals surface area contributed by atoms with Gasteiger partial charge in [0.1, 0.15) is 9.79 Å². The van der Waals surface area contributed by atoms with Crippen molar-refractivity contribution in [1.82, 2.24) is 4.31 Å². The first kappa shape index (κ1) is 18.9. The monoisotopic (exact) mass is 394 g/mol. The van der Waals surface area contributed by atoms with Crippen molar-refractivity contribution in [2.45, 2.75) is 29.6 Å². The van der Waals surface area contributed by atoms with Crippen molar-refractivity contribution in [2.75, 3.05) is 17.8 Å². The lowest BCUT2D eigenvalue weighted by atomic mass is 10.0. The first-order chi connectivity index (χ1) is 12.3. The number of nitrogens with one attached hydrogen (secondary N) is 1. The number of rotatable bonds is 5. The SMILES string of the molecule is CC1CCN(S(=O)(=O)c2ccccc2S(=O)(=O)Nc2ccccc2)CC1. The molecule has 0 atom stereocenters. The molecule has 0 aromatic heterocycles. The van der Waals surface area contributed by atoms with Crippen LogP contribution in [0.15, 0.2) is 64.4 Å². The second-order valence-electron chi connectivity index (χ2n) is 6.50. The standard InChI is InChI=1S/C18H22N2O4S2/c1-15-11-13-20(14-12-15)26(23,24)18-10-6-5-9-17(18)25(21,22)19-16-7-3-2-4-8-16/h2-10,15,19H,11-14H2,1H3. The van der Waals surface area contributed by atoms with Crippen molar-refractivity contribution in [3.63, 3.8) is 0 Å². The minimum Gasteiger partial charge on any atom is -0.280 e. The van der Waals surface area contributed by atoms with E-state index in [2.05, 4.69) is 11.6 Å². The quantitative estimate of drug-likeness (QED) is 0.845. The van der Waals surface area contributed by atoms with Gasteiger partial charge in [0.15, 0.2) is 0 Å². The Bertz CT molecular complexity index is 965. The van der Waals surface area contributed by atoms with Crippen molar-refractivity contribution < 1.29 is 16.8 Å². The third kappa shape index (κ3) is 3.92.